The van der Waals surface area contributed by atoms with E-state index in [9.17, 15) is 14.4 Å². The molecule has 6 heteroatoms. The van der Waals surface area contributed by atoms with E-state index in [1.54, 1.807) is 0 Å². The number of hydrogen-bond acceptors (Lipinski definition) is 6. The lowest BCUT2D eigenvalue weighted by molar-refractivity contribution is -0.167. The molecule has 0 aromatic rings. The molecule has 0 spiro atoms. The van der Waals surface area contributed by atoms with Gasteiger partial charge >= 0.3 is 17.9 Å². The van der Waals surface area contributed by atoms with Crippen LogP contribution in [0.15, 0.2) is 0 Å². The van der Waals surface area contributed by atoms with Crippen molar-refractivity contribution < 1.29 is 28.6 Å². The fourth-order valence-electron chi connectivity index (χ4n) is 7.20. The number of unbranched alkanes of at least 4 members (excludes halogenated alkanes) is 24. The van der Waals surface area contributed by atoms with E-state index in [2.05, 4.69) is 41.5 Å². The average Bonchev–Trinajstić information content (AvgIpc) is 3.15. The van der Waals surface area contributed by atoms with E-state index in [1.165, 1.54) is 141 Å². The van der Waals surface area contributed by atoms with Crippen molar-refractivity contribution in [3.63, 3.8) is 0 Å². The van der Waals surface area contributed by atoms with Gasteiger partial charge in [-0.05, 0) is 37.0 Å². The third kappa shape index (κ3) is 41.9. The Hall–Kier alpha value is -1.59. The fourth-order valence-corrected chi connectivity index (χ4v) is 7.20. The van der Waals surface area contributed by atoms with Crippen molar-refractivity contribution in [1.29, 1.82) is 0 Å². The van der Waals surface area contributed by atoms with Crippen molar-refractivity contribution in [3.05, 3.63) is 0 Å². The molecule has 1 unspecified atom stereocenters. The molecule has 0 heterocycles. The Labute approximate surface area is 342 Å². The third-order valence-electron chi connectivity index (χ3n) is 11.3. The second-order valence-corrected chi connectivity index (χ2v) is 17.9. The summed E-state index contributed by atoms with van der Waals surface area (Å²) in [5, 5.41) is 0. The van der Waals surface area contributed by atoms with Crippen LogP contribution in [0.25, 0.3) is 0 Å². The Morgan fingerprint density at radius 2 is 0.636 bits per heavy atom. The second-order valence-electron chi connectivity index (χ2n) is 17.9. The van der Waals surface area contributed by atoms with Gasteiger partial charge in [-0.25, -0.2) is 0 Å². The highest BCUT2D eigenvalue weighted by atomic mass is 16.6. The number of esters is 3. The molecule has 326 valence electrons. The lowest BCUT2D eigenvalue weighted by Gasteiger charge is -2.18. The van der Waals surface area contributed by atoms with Crippen LogP contribution < -0.4 is 0 Å². The highest BCUT2D eigenvalue weighted by Crippen LogP contribution is 2.17. The third-order valence-corrected chi connectivity index (χ3v) is 11.3. The first-order valence-electron chi connectivity index (χ1n) is 24.1. The van der Waals surface area contributed by atoms with E-state index >= 15 is 0 Å². The molecular weight excluding hydrogens is 685 g/mol. The summed E-state index contributed by atoms with van der Waals surface area (Å²) < 4.78 is 16.7. The summed E-state index contributed by atoms with van der Waals surface area (Å²) in [6.45, 7) is 13.7. The summed E-state index contributed by atoms with van der Waals surface area (Å²) in [7, 11) is 0. The molecule has 6 nitrogen and oxygen atoms in total. The molecule has 0 aliphatic rings. The minimum atomic E-state index is -0.762. The fraction of sp³-hybridized carbons (Fsp3) is 0.939. The van der Waals surface area contributed by atoms with Crippen molar-refractivity contribution >= 4 is 17.9 Å². The zero-order valence-electron chi connectivity index (χ0n) is 37.7. The molecule has 0 aliphatic carbocycles. The Bertz CT molecular complexity index is 854. The van der Waals surface area contributed by atoms with Gasteiger partial charge in [0.2, 0.25) is 0 Å². The SMILES string of the molecule is CCC(C)CCCCCCCCCCC(=O)O[C@@H](COC(=O)CCCCCCCCCCCCCCC(C)C)COC(=O)CCCCCCCCCC(C)C. The van der Waals surface area contributed by atoms with Gasteiger partial charge in [0, 0.05) is 19.3 Å². The van der Waals surface area contributed by atoms with Gasteiger partial charge in [0.1, 0.15) is 13.2 Å². The lowest BCUT2D eigenvalue weighted by Crippen LogP contribution is -2.30. The molecular formula is C49H94O6. The molecule has 0 bridgehead atoms. The summed E-state index contributed by atoms with van der Waals surface area (Å²) >= 11 is 0. The Kier molecular flexibility index (Phi) is 39.4. The van der Waals surface area contributed by atoms with Crippen LogP contribution in [0.3, 0.4) is 0 Å². The summed E-state index contributed by atoms with van der Waals surface area (Å²) in [5.41, 5.74) is 0. The summed E-state index contributed by atoms with van der Waals surface area (Å²) in [5.74, 6) is 1.60. The van der Waals surface area contributed by atoms with Crippen molar-refractivity contribution in [2.24, 2.45) is 17.8 Å². The number of hydrogen-bond donors (Lipinski definition) is 0. The van der Waals surface area contributed by atoms with Crippen LogP contribution in [0.4, 0.5) is 0 Å². The summed E-state index contributed by atoms with van der Waals surface area (Å²) in [6, 6.07) is 0. The first-order valence-corrected chi connectivity index (χ1v) is 24.1. The van der Waals surface area contributed by atoms with E-state index in [-0.39, 0.29) is 31.1 Å². The van der Waals surface area contributed by atoms with Gasteiger partial charge < -0.3 is 14.2 Å². The Balaban J connectivity index is 4.32. The maximum Gasteiger partial charge on any atom is 0.306 e. The maximum absolute atomic E-state index is 12.7. The standard InChI is InChI=1S/C49H94O6/c1-7-45(6)37-31-25-19-14-15-21-28-34-40-49(52)55-46(42-54-48(51)39-33-27-22-16-18-24-30-36-44(4)5)41-53-47(50)38-32-26-20-13-11-9-8-10-12-17-23-29-35-43(2)3/h43-46H,7-42H2,1-6H3/t45?,46-/m0/s1. The van der Waals surface area contributed by atoms with Gasteiger partial charge in [0.05, 0.1) is 0 Å². The second kappa shape index (κ2) is 40.6. The van der Waals surface area contributed by atoms with Crippen molar-refractivity contribution in [3.8, 4) is 0 Å². The molecule has 55 heavy (non-hydrogen) atoms. The molecule has 0 saturated carbocycles. The number of rotatable bonds is 42. The molecule has 0 fully saturated rings. The minimum absolute atomic E-state index is 0.0660. The Morgan fingerprint density at radius 1 is 0.364 bits per heavy atom. The van der Waals surface area contributed by atoms with E-state index in [0.29, 0.717) is 19.3 Å². The van der Waals surface area contributed by atoms with E-state index in [0.717, 1.165) is 75.5 Å². The van der Waals surface area contributed by atoms with Crippen LogP contribution in [0.2, 0.25) is 0 Å². The highest BCUT2D eigenvalue weighted by Gasteiger charge is 2.19. The van der Waals surface area contributed by atoms with Gasteiger partial charge in [0.15, 0.2) is 6.10 Å². The van der Waals surface area contributed by atoms with Crippen LogP contribution >= 0.6 is 0 Å². The summed E-state index contributed by atoms with van der Waals surface area (Å²) in [6.07, 6.45) is 38.1. The molecule has 0 amide bonds. The van der Waals surface area contributed by atoms with Crippen LogP contribution in [-0.2, 0) is 28.6 Å². The number of carbonyl (C=O) groups is 3. The molecule has 0 rings (SSSR count). The van der Waals surface area contributed by atoms with Crippen molar-refractivity contribution in [2.75, 3.05) is 13.2 Å². The maximum atomic E-state index is 12.7. The topological polar surface area (TPSA) is 78.9 Å². The predicted molar refractivity (Wildman–Crippen MR) is 233 cm³/mol. The number of ether oxygens (including phenoxy) is 3. The zero-order valence-corrected chi connectivity index (χ0v) is 37.7. The predicted octanol–water partition coefficient (Wildman–Crippen LogP) is 15.2. The molecule has 0 aromatic carbocycles. The average molecular weight is 779 g/mol. The highest BCUT2D eigenvalue weighted by molar-refractivity contribution is 5.71. The normalized spacial score (nSPS) is 12.7. The quantitative estimate of drug-likeness (QED) is 0.0349. The molecule has 2 atom stereocenters. The van der Waals surface area contributed by atoms with Crippen LogP contribution in [0, 0.1) is 17.8 Å². The van der Waals surface area contributed by atoms with Crippen LogP contribution in [0.5, 0.6) is 0 Å². The molecule has 0 radical (unpaired) electrons. The van der Waals surface area contributed by atoms with Crippen LogP contribution in [-0.4, -0.2) is 37.2 Å². The van der Waals surface area contributed by atoms with Gasteiger partial charge in [-0.15, -0.1) is 0 Å². The number of carbonyl (C=O) groups excluding carboxylic acids is 3. The largest absolute Gasteiger partial charge is 0.462 e. The van der Waals surface area contributed by atoms with Crippen LogP contribution in [0.1, 0.15) is 260 Å². The van der Waals surface area contributed by atoms with Gasteiger partial charge in [-0.2, -0.15) is 0 Å². The monoisotopic (exact) mass is 779 g/mol. The summed E-state index contributed by atoms with van der Waals surface area (Å²) in [4.78, 5) is 37.8. The van der Waals surface area contributed by atoms with E-state index in [1.807, 2.05) is 0 Å². The van der Waals surface area contributed by atoms with Gasteiger partial charge in [-0.1, -0.05) is 221 Å². The van der Waals surface area contributed by atoms with Crippen molar-refractivity contribution in [2.45, 2.75) is 266 Å². The molecule has 0 saturated heterocycles. The molecule has 0 N–H and O–H groups in total. The molecule has 0 aromatic heterocycles. The Morgan fingerprint density at radius 3 is 0.945 bits per heavy atom. The first-order chi connectivity index (χ1) is 26.6. The van der Waals surface area contributed by atoms with Gasteiger partial charge in [-0.3, -0.25) is 14.4 Å². The molecule has 0 aliphatic heterocycles. The smallest absolute Gasteiger partial charge is 0.306 e. The van der Waals surface area contributed by atoms with E-state index < -0.39 is 6.10 Å². The van der Waals surface area contributed by atoms with Crippen molar-refractivity contribution in [1.82, 2.24) is 0 Å². The minimum Gasteiger partial charge on any atom is -0.462 e. The zero-order chi connectivity index (χ0) is 40.6. The van der Waals surface area contributed by atoms with Gasteiger partial charge in [0.25, 0.3) is 0 Å². The lowest BCUT2D eigenvalue weighted by atomic mass is 9.99. The first kappa shape index (κ1) is 53.4. The van der Waals surface area contributed by atoms with E-state index in [4.69, 9.17) is 14.2 Å².